The van der Waals surface area contributed by atoms with Gasteiger partial charge in [0.15, 0.2) is 0 Å². The molecule has 0 aliphatic carbocycles. The normalized spacial score (nSPS) is 13.2. The number of alkyl carbamates (subject to hydrolysis) is 1. The Bertz CT molecular complexity index is 1150. The van der Waals surface area contributed by atoms with E-state index in [0.29, 0.717) is 29.8 Å². The van der Waals surface area contributed by atoms with Crippen molar-refractivity contribution in [1.82, 2.24) is 10.2 Å². The summed E-state index contributed by atoms with van der Waals surface area (Å²) in [6.07, 6.45) is 2.06. The number of ether oxygens (including phenoxy) is 1. The van der Waals surface area contributed by atoms with E-state index < -0.39 is 41.1 Å². The summed E-state index contributed by atoms with van der Waals surface area (Å²) in [6, 6.07) is 11.8. The van der Waals surface area contributed by atoms with E-state index in [2.05, 4.69) is 10.6 Å². The van der Waals surface area contributed by atoms with Crippen LogP contribution in [-0.2, 0) is 14.3 Å². The molecule has 0 saturated heterocycles. The number of carbonyl (C=O) groups excluding carboxylic acids is 3. The van der Waals surface area contributed by atoms with Crippen LogP contribution < -0.4 is 10.6 Å². The predicted octanol–water partition coefficient (Wildman–Crippen LogP) is 6.04. The van der Waals surface area contributed by atoms with Gasteiger partial charge in [-0.3, -0.25) is 9.59 Å². The lowest BCUT2D eigenvalue weighted by atomic mass is 9.91. The van der Waals surface area contributed by atoms with Gasteiger partial charge in [-0.25, -0.2) is 4.79 Å². The number of aromatic hydroxyl groups is 1. The lowest BCUT2D eigenvalue weighted by Crippen LogP contribution is -2.59. The van der Waals surface area contributed by atoms with Crippen LogP contribution in [0, 0.1) is 6.92 Å². The Balaban J connectivity index is 2.64. The van der Waals surface area contributed by atoms with E-state index in [4.69, 9.17) is 4.74 Å². The van der Waals surface area contributed by atoms with Gasteiger partial charge in [-0.05, 0) is 84.1 Å². The first kappa shape index (κ1) is 32.0. The zero-order valence-corrected chi connectivity index (χ0v) is 25.1. The van der Waals surface area contributed by atoms with Gasteiger partial charge in [0.1, 0.15) is 23.4 Å². The number of phenolic OH excluding ortho intramolecular Hbond substituents is 1. The molecule has 2 rings (SSSR count). The van der Waals surface area contributed by atoms with Crippen LogP contribution in [0.4, 0.5) is 10.5 Å². The van der Waals surface area contributed by atoms with Gasteiger partial charge in [-0.2, -0.15) is 11.8 Å². The standard InChI is InChI=1S/C30H43N3O5S/c1-9-30(6,7)33(27(36)23(18-19-39-8)32-28(37)38-29(3,4)5)25(21-15-11-13-17-24(21)34)26(35)31-22-16-12-10-14-20(22)2/h10-17,23,25,34H,9,18-19H2,1-8H3,(H,31,35)(H,32,37). The third-order valence-corrected chi connectivity index (χ3v) is 7.14. The quantitative estimate of drug-likeness (QED) is 0.311. The third-order valence-electron chi connectivity index (χ3n) is 6.50. The minimum atomic E-state index is -1.18. The van der Waals surface area contributed by atoms with Crippen molar-refractivity contribution in [3.63, 3.8) is 0 Å². The Morgan fingerprint density at radius 1 is 1.03 bits per heavy atom. The second-order valence-corrected chi connectivity index (χ2v) is 12.1. The summed E-state index contributed by atoms with van der Waals surface area (Å²) < 4.78 is 5.45. The van der Waals surface area contributed by atoms with Crippen molar-refractivity contribution in [3.05, 3.63) is 59.7 Å². The third kappa shape index (κ3) is 8.92. The van der Waals surface area contributed by atoms with Gasteiger partial charge in [0.2, 0.25) is 5.91 Å². The van der Waals surface area contributed by atoms with Crippen LogP contribution in [-0.4, -0.2) is 57.1 Å². The topological polar surface area (TPSA) is 108 Å². The van der Waals surface area contributed by atoms with E-state index in [1.807, 2.05) is 52.1 Å². The van der Waals surface area contributed by atoms with Crippen molar-refractivity contribution in [3.8, 4) is 5.75 Å². The van der Waals surface area contributed by atoms with E-state index in [1.54, 1.807) is 56.8 Å². The van der Waals surface area contributed by atoms with E-state index >= 15 is 0 Å². The van der Waals surface area contributed by atoms with Gasteiger partial charge in [-0.1, -0.05) is 43.3 Å². The molecule has 39 heavy (non-hydrogen) atoms. The maximum Gasteiger partial charge on any atom is 0.408 e. The number of carbonyl (C=O) groups is 3. The summed E-state index contributed by atoms with van der Waals surface area (Å²) in [4.78, 5) is 42.7. The Morgan fingerprint density at radius 2 is 1.64 bits per heavy atom. The zero-order valence-electron chi connectivity index (χ0n) is 24.3. The number of hydrogen-bond donors (Lipinski definition) is 3. The summed E-state index contributed by atoms with van der Waals surface area (Å²) >= 11 is 1.55. The van der Waals surface area contributed by atoms with E-state index in [1.165, 1.54) is 11.0 Å². The molecule has 214 valence electrons. The molecule has 2 atom stereocenters. The SMILES string of the molecule is CCC(C)(C)N(C(=O)C(CCSC)NC(=O)OC(C)(C)C)C(C(=O)Nc1ccccc1C)c1ccccc1O. The van der Waals surface area contributed by atoms with Crippen LogP contribution in [0.3, 0.4) is 0 Å². The first-order valence-electron chi connectivity index (χ1n) is 13.2. The molecule has 9 heteroatoms. The average Bonchev–Trinajstić information content (AvgIpc) is 2.85. The minimum absolute atomic E-state index is 0.104. The van der Waals surface area contributed by atoms with Crippen molar-refractivity contribution in [1.29, 1.82) is 0 Å². The Morgan fingerprint density at radius 3 is 2.21 bits per heavy atom. The van der Waals surface area contributed by atoms with Crippen molar-refractivity contribution < 1.29 is 24.2 Å². The van der Waals surface area contributed by atoms with Crippen LogP contribution in [0.2, 0.25) is 0 Å². The Kier molecular flexibility index (Phi) is 11.3. The summed E-state index contributed by atoms with van der Waals surface area (Å²) in [6.45, 7) is 12.8. The molecule has 3 amide bonds. The zero-order chi connectivity index (χ0) is 29.4. The van der Waals surface area contributed by atoms with Crippen molar-refractivity contribution in [2.75, 3.05) is 17.3 Å². The van der Waals surface area contributed by atoms with Crippen LogP contribution in [0.5, 0.6) is 5.75 Å². The lowest BCUT2D eigenvalue weighted by Gasteiger charge is -2.44. The fraction of sp³-hybridized carbons (Fsp3) is 0.500. The predicted molar refractivity (Wildman–Crippen MR) is 158 cm³/mol. The minimum Gasteiger partial charge on any atom is -0.508 e. The van der Waals surface area contributed by atoms with Crippen LogP contribution in [0.25, 0.3) is 0 Å². The largest absolute Gasteiger partial charge is 0.508 e. The fourth-order valence-corrected chi connectivity index (χ4v) is 4.56. The molecule has 0 bridgehead atoms. The Labute approximate surface area is 236 Å². The lowest BCUT2D eigenvalue weighted by molar-refractivity contribution is -0.147. The highest BCUT2D eigenvalue weighted by atomic mass is 32.2. The number of nitrogens with one attached hydrogen (secondary N) is 2. The van der Waals surface area contributed by atoms with Gasteiger partial charge < -0.3 is 25.4 Å². The molecule has 0 spiro atoms. The number of benzene rings is 2. The molecule has 0 aliphatic rings. The smallest absolute Gasteiger partial charge is 0.408 e. The van der Waals surface area contributed by atoms with Gasteiger partial charge in [-0.15, -0.1) is 0 Å². The fourth-order valence-electron chi connectivity index (χ4n) is 4.09. The molecule has 8 nitrogen and oxygen atoms in total. The van der Waals surface area contributed by atoms with E-state index in [0.717, 1.165) is 5.56 Å². The molecule has 0 aromatic heterocycles. The highest BCUT2D eigenvalue weighted by molar-refractivity contribution is 7.98. The number of hydrogen-bond acceptors (Lipinski definition) is 6. The average molecular weight is 558 g/mol. The summed E-state index contributed by atoms with van der Waals surface area (Å²) in [5.41, 5.74) is 0.194. The first-order valence-corrected chi connectivity index (χ1v) is 14.6. The molecular formula is C30H43N3O5S. The molecule has 0 saturated carbocycles. The maximum atomic E-state index is 14.4. The van der Waals surface area contributed by atoms with E-state index in [9.17, 15) is 19.5 Å². The molecule has 0 aliphatic heterocycles. The molecule has 0 fully saturated rings. The Hall–Kier alpha value is -3.20. The number of thioether (sulfide) groups is 1. The molecule has 2 aromatic rings. The molecule has 0 heterocycles. The highest BCUT2D eigenvalue weighted by Crippen LogP contribution is 2.37. The number of anilines is 1. The maximum absolute atomic E-state index is 14.4. The number of aryl methyl sites for hydroxylation is 1. The molecule has 2 unspecified atom stereocenters. The van der Waals surface area contributed by atoms with Crippen LogP contribution in [0.1, 0.15) is 71.6 Å². The second kappa shape index (κ2) is 13.7. The monoisotopic (exact) mass is 557 g/mol. The van der Waals surface area contributed by atoms with Gasteiger partial charge >= 0.3 is 6.09 Å². The van der Waals surface area contributed by atoms with E-state index in [-0.39, 0.29) is 5.75 Å². The number of rotatable bonds is 11. The second-order valence-electron chi connectivity index (χ2n) is 11.1. The number of phenols is 1. The summed E-state index contributed by atoms with van der Waals surface area (Å²) in [7, 11) is 0. The van der Waals surface area contributed by atoms with Crippen molar-refractivity contribution in [2.45, 2.75) is 84.5 Å². The molecule has 0 radical (unpaired) electrons. The highest BCUT2D eigenvalue weighted by Gasteiger charge is 2.44. The van der Waals surface area contributed by atoms with Gasteiger partial charge in [0.25, 0.3) is 5.91 Å². The molecular weight excluding hydrogens is 514 g/mol. The number of para-hydroxylation sites is 2. The number of amides is 3. The summed E-state index contributed by atoms with van der Waals surface area (Å²) in [5.74, 6) is -0.409. The van der Waals surface area contributed by atoms with Crippen molar-refractivity contribution in [2.24, 2.45) is 0 Å². The molecule has 2 aromatic carbocycles. The number of nitrogens with zero attached hydrogens (tertiary/aromatic N) is 1. The van der Waals surface area contributed by atoms with Crippen LogP contribution >= 0.6 is 11.8 Å². The molecule has 3 N–H and O–H groups in total. The van der Waals surface area contributed by atoms with Crippen molar-refractivity contribution >= 4 is 35.4 Å². The summed E-state index contributed by atoms with van der Waals surface area (Å²) in [5, 5.41) is 16.6. The first-order chi connectivity index (χ1) is 18.2. The van der Waals surface area contributed by atoms with Gasteiger partial charge in [0.05, 0.1) is 0 Å². The van der Waals surface area contributed by atoms with Gasteiger partial charge in [0, 0.05) is 16.8 Å². The van der Waals surface area contributed by atoms with Crippen LogP contribution in [0.15, 0.2) is 48.5 Å².